The largest absolute Gasteiger partial charge is 1.00 e. The van der Waals surface area contributed by atoms with E-state index in [4.69, 9.17) is 0 Å². The zero-order chi connectivity index (χ0) is 15.4. The Bertz CT molecular complexity index is 290. The van der Waals surface area contributed by atoms with Crippen molar-refractivity contribution in [3.05, 3.63) is 0 Å². The summed E-state index contributed by atoms with van der Waals surface area (Å²) in [7, 11) is 0. The smallest absolute Gasteiger partial charge is 0.548 e. The third-order valence-electron chi connectivity index (χ3n) is 3.18. The van der Waals surface area contributed by atoms with Crippen LogP contribution in [0.5, 0.6) is 0 Å². The summed E-state index contributed by atoms with van der Waals surface area (Å²) in [6.07, 6.45) is 4.61. The fourth-order valence-electron chi connectivity index (χ4n) is 2.15. The van der Waals surface area contributed by atoms with Crippen LogP contribution < -0.4 is 34.7 Å². The van der Waals surface area contributed by atoms with E-state index in [-0.39, 0.29) is 42.0 Å². The third-order valence-corrected chi connectivity index (χ3v) is 3.18. The van der Waals surface area contributed by atoms with E-state index in [2.05, 4.69) is 0 Å². The first-order valence-electron chi connectivity index (χ1n) is 7.62. The molecule has 0 aliphatic rings. The SMILES string of the molecule is CCCC(F)CCCCCC(=O)N(CCC)CC(=O)[O-].[Na+]. The van der Waals surface area contributed by atoms with Gasteiger partial charge in [-0.2, -0.15) is 0 Å². The van der Waals surface area contributed by atoms with Crippen molar-refractivity contribution < 1.29 is 48.6 Å². The second kappa shape index (κ2) is 14.8. The van der Waals surface area contributed by atoms with Gasteiger partial charge >= 0.3 is 29.6 Å². The van der Waals surface area contributed by atoms with Crippen molar-refractivity contribution in [3.63, 3.8) is 0 Å². The molecule has 0 aliphatic carbocycles. The second-order valence-corrected chi connectivity index (χ2v) is 5.17. The number of unbranched alkanes of at least 4 members (excludes halogenated alkanes) is 2. The molecule has 0 heterocycles. The van der Waals surface area contributed by atoms with Gasteiger partial charge in [-0.25, -0.2) is 4.39 Å². The molecule has 0 rings (SSSR count). The molecular formula is C15H27FNNaO3. The summed E-state index contributed by atoms with van der Waals surface area (Å²) in [5, 5.41) is 10.6. The predicted molar refractivity (Wildman–Crippen MR) is 74.8 cm³/mol. The number of carbonyl (C=O) groups is 2. The van der Waals surface area contributed by atoms with Gasteiger partial charge in [0, 0.05) is 13.0 Å². The van der Waals surface area contributed by atoms with Crippen LogP contribution in [-0.2, 0) is 9.59 Å². The summed E-state index contributed by atoms with van der Waals surface area (Å²) >= 11 is 0. The van der Waals surface area contributed by atoms with Gasteiger partial charge in [0.05, 0.1) is 12.5 Å². The van der Waals surface area contributed by atoms with Crippen LogP contribution in [0.4, 0.5) is 4.39 Å². The van der Waals surface area contributed by atoms with Crippen LogP contribution in [0.2, 0.25) is 0 Å². The molecule has 0 aromatic rings. The van der Waals surface area contributed by atoms with Gasteiger partial charge < -0.3 is 14.8 Å². The van der Waals surface area contributed by atoms with E-state index in [1.807, 2.05) is 13.8 Å². The Morgan fingerprint density at radius 3 is 2.29 bits per heavy atom. The number of carboxylic acids is 1. The van der Waals surface area contributed by atoms with Gasteiger partial charge in [-0.3, -0.25) is 4.79 Å². The molecule has 118 valence electrons. The Morgan fingerprint density at radius 1 is 1.10 bits per heavy atom. The van der Waals surface area contributed by atoms with E-state index >= 15 is 0 Å². The first-order valence-corrected chi connectivity index (χ1v) is 7.62. The Morgan fingerprint density at radius 2 is 1.76 bits per heavy atom. The summed E-state index contributed by atoms with van der Waals surface area (Å²) in [5.41, 5.74) is 0. The fraction of sp³-hybridized carbons (Fsp3) is 0.867. The summed E-state index contributed by atoms with van der Waals surface area (Å²) in [5.74, 6) is -1.38. The van der Waals surface area contributed by atoms with Crippen LogP contribution in [0.1, 0.15) is 65.2 Å². The van der Waals surface area contributed by atoms with E-state index in [0.29, 0.717) is 32.2 Å². The van der Waals surface area contributed by atoms with E-state index in [9.17, 15) is 19.1 Å². The van der Waals surface area contributed by atoms with Crippen molar-refractivity contribution in [2.24, 2.45) is 0 Å². The molecule has 0 aliphatic heterocycles. The quantitative estimate of drug-likeness (QED) is 0.345. The normalized spacial score (nSPS) is 11.6. The van der Waals surface area contributed by atoms with Gasteiger partial charge in [0.1, 0.15) is 6.17 Å². The molecule has 0 radical (unpaired) electrons. The minimum Gasteiger partial charge on any atom is -0.548 e. The first kappa shape index (κ1) is 23.1. The molecule has 1 amide bonds. The zero-order valence-electron chi connectivity index (χ0n) is 13.7. The number of nitrogens with zero attached hydrogens (tertiary/aromatic N) is 1. The van der Waals surface area contributed by atoms with Crippen LogP contribution in [-0.4, -0.2) is 36.0 Å². The number of rotatable bonds is 12. The van der Waals surface area contributed by atoms with Crippen molar-refractivity contribution in [2.45, 2.75) is 71.4 Å². The molecule has 0 N–H and O–H groups in total. The van der Waals surface area contributed by atoms with Crippen LogP contribution in [0, 0.1) is 0 Å². The molecule has 0 spiro atoms. The van der Waals surface area contributed by atoms with Crippen molar-refractivity contribution in [1.29, 1.82) is 0 Å². The number of alkyl halides is 1. The van der Waals surface area contributed by atoms with Crippen molar-refractivity contribution in [2.75, 3.05) is 13.1 Å². The van der Waals surface area contributed by atoms with Gasteiger partial charge in [-0.05, 0) is 25.7 Å². The molecule has 4 nitrogen and oxygen atoms in total. The van der Waals surface area contributed by atoms with Crippen LogP contribution in [0.3, 0.4) is 0 Å². The molecule has 0 saturated heterocycles. The standard InChI is InChI=1S/C15H28FNO3.Na/c1-3-8-13(16)9-6-5-7-10-14(18)17(11-4-2)12-15(19)20;/h13H,3-12H2,1-2H3,(H,19,20);/q;+1/p-1. The van der Waals surface area contributed by atoms with E-state index < -0.39 is 12.1 Å². The minimum atomic E-state index is -1.23. The third kappa shape index (κ3) is 13.3. The summed E-state index contributed by atoms with van der Waals surface area (Å²) in [6, 6.07) is 0. The molecule has 0 aromatic heterocycles. The number of carbonyl (C=O) groups excluding carboxylic acids is 2. The van der Waals surface area contributed by atoms with Gasteiger partial charge in [0.25, 0.3) is 0 Å². The maximum atomic E-state index is 13.2. The topological polar surface area (TPSA) is 60.4 Å². The Labute approximate surface area is 149 Å². The summed E-state index contributed by atoms with van der Waals surface area (Å²) in [6.45, 7) is 3.96. The van der Waals surface area contributed by atoms with Crippen LogP contribution >= 0.6 is 0 Å². The van der Waals surface area contributed by atoms with Gasteiger partial charge in [-0.15, -0.1) is 0 Å². The molecule has 0 fully saturated rings. The molecular weight excluding hydrogens is 284 g/mol. The molecule has 1 unspecified atom stereocenters. The van der Waals surface area contributed by atoms with Crippen molar-refractivity contribution in [1.82, 2.24) is 4.90 Å². The van der Waals surface area contributed by atoms with Crippen molar-refractivity contribution >= 4 is 11.9 Å². The Hall–Kier alpha value is -0.130. The molecule has 0 bridgehead atoms. The summed E-state index contributed by atoms with van der Waals surface area (Å²) < 4.78 is 13.2. The van der Waals surface area contributed by atoms with E-state index in [1.54, 1.807) is 0 Å². The van der Waals surface area contributed by atoms with Gasteiger partial charge in [-0.1, -0.05) is 33.1 Å². The number of carboxylic acid groups (broad SMARTS) is 1. The Balaban J connectivity index is 0. The fourth-order valence-corrected chi connectivity index (χ4v) is 2.15. The number of hydrogen-bond donors (Lipinski definition) is 0. The maximum absolute atomic E-state index is 13.2. The Kier molecular flexibility index (Phi) is 16.3. The number of amides is 1. The molecule has 0 aromatic carbocycles. The monoisotopic (exact) mass is 311 g/mol. The summed E-state index contributed by atoms with van der Waals surface area (Å²) in [4.78, 5) is 23.7. The molecule has 0 saturated carbocycles. The number of aliphatic carboxylic acids is 1. The average molecular weight is 311 g/mol. The second-order valence-electron chi connectivity index (χ2n) is 5.17. The first-order chi connectivity index (χ1) is 9.51. The minimum absolute atomic E-state index is 0. The van der Waals surface area contributed by atoms with E-state index in [0.717, 1.165) is 25.7 Å². The average Bonchev–Trinajstić information content (AvgIpc) is 2.37. The zero-order valence-corrected chi connectivity index (χ0v) is 15.7. The molecule has 21 heavy (non-hydrogen) atoms. The molecule has 6 heteroatoms. The van der Waals surface area contributed by atoms with Gasteiger partial charge in [0.2, 0.25) is 5.91 Å². The maximum Gasteiger partial charge on any atom is 1.00 e. The van der Waals surface area contributed by atoms with Crippen molar-refractivity contribution in [3.8, 4) is 0 Å². The van der Waals surface area contributed by atoms with Gasteiger partial charge in [0.15, 0.2) is 0 Å². The number of hydrogen-bond acceptors (Lipinski definition) is 3. The van der Waals surface area contributed by atoms with E-state index in [1.165, 1.54) is 4.90 Å². The van der Waals surface area contributed by atoms with Crippen LogP contribution in [0.15, 0.2) is 0 Å². The van der Waals surface area contributed by atoms with Crippen LogP contribution in [0.25, 0.3) is 0 Å². The molecule has 1 atom stereocenters. The predicted octanol–water partition coefficient (Wildman–Crippen LogP) is -0.932. The number of halogens is 1.